The molecule has 0 saturated carbocycles. The summed E-state index contributed by atoms with van der Waals surface area (Å²) in [6.07, 6.45) is 2.01. The Balaban J connectivity index is 2.18. The maximum Gasteiger partial charge on any atom is 0.407 e. The van der Waals surface area contributed by atoms with Crippen LogP contribution in [0.1, 0.15) is 6.42 Å². The van der Waals surface area contributed by atoms with Crippen LogP contribution in [-0.2, 0) is 0 Å². The molecule has 1 aliphatic carbocycles. The average Bonchev–Trinajstić information content (AvgIpc) is 2.49. The van der Waals surface area contributed by atoms with Crippen molar-refractivity contribution in [2.75, 3.05) is 13.1 Å². The first-order valence-corrected chi connectivity index (χ1v) is 4.19. The third kappa shape index (κ3) is 1.32. The number of nitrogens with zero attached hydrogens (tertiary/aromatic N) is 1. The van der Waals surface area contributed by atoms with E-state index in [0.717, 1.165) is 5.57 Å². The van der Waals surface area contributed by atoms with Crippen LogP contribution < -0.4 is 0 Å². The molecule has 3 nitrogen and oxygen atoms in total. The van der Waals surface area contributed by atoms with E-state index in [4.69, 9.17) is 5.11 Å². The summed E-state index contributed by atoms with van der Waals surface area (Å²) in [4.78, 5) is 11.8. The fraction of sp³-hybridized carbons (Fsp3) is 0.444. The van der Waals surface area contributed by atoms with Gasteiger partial charge >= 0.3 is 6.09 Å². The van der Waals surface area contributed by atoms with Gasteiger partial charge in [0.2, 0.25) is 0 Å². The summed E-state index contributed by atoms with van der Waals surface area (Å²) in [6.45, 7) is 0.567. The van der Waals surface area contributed by atoms with E-state index in [9.17, 15) is 9.18 Å². The van der Waals surface area contributed by atoms with Crippen molar-refractivity contribution in [2.24, 2.45) is 0 Å². The van der Waals surface area contributed by atoms with E-state index in [1.54, 1.807) is 6.08 Å². The molecule has 0 spiro atoms. The van der Waals surface area contributed by atoms with Crippen molar-refractivity contribution in [1.82, 2.24) is 4.90 Å². The van der Waals surface area contributed by atoms with Crippen LogP contribution in [0.15, 0.2) is 23.3 Å². The van der Waals surface area contributed by atoms with Gasteiger partial charge in [-0.1, -0.05) is 12.2 Å². The van der Waals surface area contributed by atoms with Crippen molar-refractivity contribution >= 4 is 6.09 Å². The van der Waals surface area contributed by atoms with Crippen LogP contribution in [0.25, 0.3) is 0 Å². The molecule has 1 aliphatic heterocycles. The lowest BCUT2D eigenvalue weighted by Gasteiger charge is -2.12. The van der Waals surface area contributed by atoms with E-state index in [1.807, 2.05) is 6.08 Å². The second-order valence-electron chi connectivity index (χ2n) is 3.29. The smallest absolute Gasteiger partial charge is 0.407 e. The largest absolute Gasteiger partial charge is 0.465 e. The lowest BCUT2D eigenvalue weighted by Crippen LogP contribution is -2.28. The van der Waals surface area contributed by atoms with E-state index < -0.39 is 12.3 Å². The molecule has 2 aliphatic rings. The maximum absolute atomic E-state index is 13.2. The van der Waals surface area contributed by atoms with Gasteiger partial charge in [0.05, 0.1) is 0 Å². The Hall–Kier alpha value is -1.32. The second-order valence-corrected chi connectivity index (χ2v) is 3.29. The Morgan fingerprint density at radius 3 is 3.00 bits per heavy atom. The average molecular weight is 183 g/mol. The van der Waals surface area contributed by atoms with Crippen molar-refractivity contribution in [3.63, 3.8) is 0 Å². The Morgan fingerprint density at radius 1 is 1.62 bits per heavy atom. The molecule has 0 radical (unpaired) electrons. The van der Waals surface area contributed by atoms with Gasteiger partial charge in [-0.25, -0.2) is 9.18 Å². The SMILES string of the molecule is O=C(O)N1CC2=C(C1)C(F)CC=C2. The number of halogens is 1. The van der Waals surface area contributed by atoms with Crippen LogP contribution in [0.2, 0.25) is 0 Å². The molecule has 1 heterocycles. The molecule has 1 unspecified atom stereocenters. The normalized spacial score (nSPS) is 26.5. The second kappa shape index (κ2) is 2.87. The molecule has 1 atom stereocenters. The zero-order valence-electron chi connectivity index (χ0n) is 7.03. The predicted molar refractivity (Wildman–Crippen MR) is 45.3 cm³/mol. The van der Waals surface area contributed by atoms with Crippen molar-refractivity contribution in [3.05, 3.63) is 23.3 Å². The molecular formula is C9H10FNO2. The Bertz CT molecular complexity index is 309. The summed E-state index contributed by atoms with van der Waals surface area (Å²) in [6, 6.07) is 0. The summed E-state index contributed by atoms with van der Waals surface area (Å²) in [5.74, 6) is 0. The molecular weight excluding hydrogens is 173 g/mol. The molecule has 0 aromatic rings. The summed E-state index contributed by atoms with van der Waals surface area (Å²) in [5, 5.41) is 8.70. The first kappa shape index (κ1) is 8.29. The minimum Gasteiger partial charge on any atom is -0.465 e. The number of carbonyl (C=O) groups is 1. The van der Waals surface area contributed by atoms with Gasteiger partial charge in [0, 0.05) is 19.5 Å². The fourth-order valence-electron chi connectivity index (χ4n) is 1.74. The van der Waals surface area contributed by atoms with Gasteiger partial charge < -0.3 is 5.11 Å². The monoisotopic (exact) mass is 183 g/mol. The van der Waals surface area contributed by atoms with Gasteiger partial charge in [0.25, 0.3) is 0 Å². The lowest BCUT2D eigenvalue weighted by molar-refractivity contribution is 0.156. The van der Waals surface area contributed by atoms with Crippen LogP contribution in [0.4, 0.5) is 9.18 Å². The highest BCUT2D eigenvalue weighted by atomic mass is 19.1. The number of alkyl halides is 1. The predicted octanol–water partition coefficient (Wildman–Crippen LogP) is 1.57. The summed E-state index contributed by atoms with van der Waals surface area (Å²) < 4.78 is 13.2. The van der Waals surface area contributed by atoms with Crippen molar-refractivity contribution in [3.8, 4) is 0 Å². The summed E-state index contributed by atoms with van der Waals surface area (Å²) >= 11 is 0. The molecule has 2 rings (SSSR count). The van der Waals surface area contributed by atoms with Gasteiger partial charge in [0.15, 0.2) is 0 Å². The fourth-order valence-corrected chi connectivity index (χ4v) is 1.74. The van der Waals surface area contributed by atoms with Gasteiger partial charge in [-0.3, -0.25) is 4.90 Å². The molecule has 4 heteroatoms. The van der Waals surface area contributed by atoms with Gasteiger partial charge in [-0.05, 0) is 11.1 Å². The molecule has 0 saturated heterocycles. The summed E-state index contributed by atoms with van der Waals surface area (Å²) in [7, 11) is 0. The number of rotatable bonds is 0. The highest BCUT2D eigenvalue weighted by Gasteiger charge is 2.30. The number of amides is 1. The van der Waals surface area contributed by atoms with Crippen LogP contribution in [0.5, 0.6) is 0 Å². The molecule has 0 bridgehead atoms. The van der Waals surface area contributed by atoms with Crippen LogP contribution in [-0.4, -0.2) is 35.4 Å². The highest BCUT2D eigenvalue weighted by Crippen LogP contribution is 2.28. The van der Waals surface area contributed by atoms with Crippen LogP contribution in [0.3, 0.4) is 0 Å². The minimum atomic E-state index is -0.982. The maximum atomic E-state index is 13.2. The number of hydrogen-bond donors (Lipinski definition) is 1. The molecule has 13 heavy (non-hydrogen) atoms. The number of carboxylic acid groups (broad SMARTS) is 1. The van der Waals surface area contributed by atoms with E-state index in [0.29, 0.717) is 18.5 Å². The van der Waals surface area contributed by atoms with Crippen LogP contribution >= 0.6 is 0 Å². The van der Waals surface area contributed by atoms with E-state index in [1.165, 1.54) is 4.90 Å². The van der Waals surface area contributed by atoms with Crippen LogP contribution in [0, 0.1) is 0 Å². The minimum absolute atomic E-state index is 0.232. The van der Waals surface area contributed by atoms with E-state index >= 15 is 0 Å². The topological polar surface area (TPSA) is 40.5 Å². The third-order valence-electron chi connectivity index (χ3n) is 2.45. The molecule has 0 aromatic carbocycles. The van der Waals surface area contributed by atoms with Gasteiger partial charge in [0.1, 0.15) is 6.17 Å². The molecule has 1 amide bonds. The Labute approximate surface area is 75.1 Å². The number of allylic oxidation sites excluding steroid dienone is 1. The highest BCUT2D eigenvalue weighted by molar-refractivity contribution is 5.67. The van der Waals surface area contributed by atoms with Crippen molar-refractivity contribution in [1.29, 1.82) is 0 Å². The van der Waals surface area contributed by atoms with Crippen molar-refractivity contribution < 1.29 is 14.3 Å². The van der Waals surface area contributed by atoms with E-state index in [2.05, 4.69) is 0 Å². The molecule has 0 fully saturated rings. The molecule has 1 N–H and O–H groups in total. The van der Waals surface area contributed by atoms with Gasteiger partial charge in [-0.2, -0.15) is 0 Å². The quantitative estimate of drug-likeness (QED) is 0.619. The first-order chi connectivity index (χ1) is 6.18. The van der Waals surface area contributed by atoms with Gasteiger partial charge in [-0.15, -0.1) is 0 Å². The zero-order valence-corrected chi connectivity index (χ0v) is 7.03. The zero-order chi connectivity index (χ0) is 9.42. The van der Waals surface area contributed by atoms with Crippen molar-refractivity contribution in [2.45, 2.75) is 12.6 Å². The third-order valence-corrected chi connectivity index (χ3v) is 2.45. The van der Waals surface area contributed by atoms with E-state index in [-0.39, 0.29) is 6.54 Å². The first-order valence-electron chi connectivity index (χ1n) is 4.19. The Kier molecular flexibility index (Phi) is 1.83. The number of hydrogen-bond acceptors (Lipinski definition) is 1. The Morgan fingerprint density at radius 2 is 2.38 bits per heavy atom. The lowest BCUT2D eigenvalue weighted by atomic mass is 9.99. The standard InChI is InChI=1S/C9H10FNO2/c10-8-3-1-2-6-4-11(9(12)13)5-7(6)8/h1-2,8H,3-5H2,(H,12,13). The molecule has 0 aromatic heterocycles. The summed E-state index contributed by atoms with van der Waals surface area (Å²) in [5.41, 5.74) is 1.48. The molecule has 70 valence electrons.